The van der Waals surface area contributed by atoms with E-state index in [9.17, 15) is 0 Å². The fourth-order valence-electron chi connectivity index (χ4n) is 2.49. The lowest BCUT2D eigenvalue weighted by atomic mass is 10.0. The molecule has 0 rings (SSSR count). The van der Waals surface area contributed by atoms with Gasteiger partial charge < -0.3 is 5.32 Å². The summed E-state index contributed by atoms with van der Waals surface area (Å²) in [5.41, 5.74) is 0. The van der Waals surface area contributed by atoms with Crippen LogP contribution in [-0.4, -0.2) is 36.1 Å². The Labute approximate surface area is 109 Å². The van der Waals surface area contributed by atoms with E-state index in [0.717, 1.165) is 12.5 Å². The molecule has 0 aliphatic heterocycles. The Morgan fingerprint density at radius 2 is 1.59 bits per heavy atom. The Morgan fingerprint density at radius 3 is 1.94 bits per heavy atom. The number of nitrogens with one attached hydrogen (secondary N) is 1. The second kappa shape index (κ2) is 8.93. The van der Waals surface area contributed by atoms with Crippen LogP contribution in [0.4, 0.5) is 0 Å². The van der Waals surface area contributed by atoms with Crippen LogP contribution in [0.2, 0.25) is 0 Å². The second-order valence-electron chi connectivity index (χ2n) is 5.89. The van der Waals surface area contributed by atoms with Crippen molar-refractivity contribution in [1.29, 1.82) is 0 Å². The predicted octanol–water partition coefficient (Wildman–Crippen LogP) is 3.52. The maximum Gasteiger partial charge on any atom is 0.0223 e. The zero-order valence-electron chi connectivity index (χ0n) is 13.1. The molecule has 0 aliphatic rings. The Bertz CT molecular complexity index is 178. The minimum absolute atomic E-state index is 0.619. The van der Waals surface area contributed by atoms with Crippen molar-refractivity contribution in [1.82, 2.24) is 10.2 Å². The summed E-state index contributed by atoms with van der Waals surface area (Å²) in [6.07, 6.45) is 2.43. The van der Waals surface area contributed by atoms with Crippen LogP contribution in [0.15, 0.2) is 0 Å². The molecule has 0 saturated carbocycles. The molecular weight excluding hydrogens is 208 g/mol. The van der Waals surface area contributed by atoms with Crippen LogP contribution in [-0.2, 0) is 0 Å². The lowest BCUT2D eigenvalue weighted by Gasteiger charge is -2.38. The molecule has 17 heavy (non-hydrogen) atoms. The molecule has 0 saturated heterocycles. The minimum Gasteiger partial charge on any atom is -0.312 e. The Kier molecular flexibility index (Phi) is 8.89. The largest absolute Gasteiger partial charge is 0.312 e. The maximum atomic E-state index is 3.69. The first kappa shape index (κ1) is 16.9. The molecule has 0 aliphatic carbocycles. The van der Waals surface area contributed by atoms with E-state index in [0.29, 0.717) is 18.1 Å². The van der Waals surface area contributed by atoms with Crippen LogP contribution in [0.1, 0.15) is 61.3 Å². The first-order valence-electron chi connectivity index (χ1n) is 7.43. The van der Waals surface area contributed by atoms with Crippen LogP contribution in [0.25, 0.3) is 0 Å². The number of hydrogen-bond donors (Lipinski definition) is 1. The smallest absolute Gasteiger partial charge is 0.0223 e. The molecular formula is C15H34N2. The molecule has 104 valence electrons. The summed E-state index contributed by atoms with van der Waals surface area (Å²) in [4.78, 5) is 2.64. The van der Waals surface area contributed by atoms with Crippen molar-refractivity contribution in [3.63, 3.8) is 0 Å². The topological polar surface area (TPSA) is 15.3 Å². The molecule has 0 bridgehead atoms. The van der Waals surface area contributed by atoms with Crippen molar-refractivity contribution >= 4 is 0 Å². The Hall–Kier alpha value is -0.0800. The van der Waals surface area contributed by atoms with Crippen LogP contribution in [0.5, 0.6) is 0 Å². The van der Waals surface area contributed by atoms with Crippen molar-refractivity contribution in [2.45, 2.75) is 79.4 Å². The molecule has 2 nitrogen and oxygen atoms in total. The van der Waals surface area contributed by atoms with Gasteiger partial charge in [-0.05, 0) is 46.1 Å². The molecule has 0 spiro atoms. The minimum atomic E-state index is 0.619. The van der Waals surface area contributed by atoms with Crippen LogP contribution in [0.3, 0.4) is 0 Å². The van der Waals surface area contributed by atoms with E-state index in [-0.39, 0.29) is 0 Å². The fraction of sp³-hybridized carbons (Fsp3) is 1.00. The third kappa shape index (κ3) is 6.42. The summed E-state index contributed by atoms with van der Waals surface area (Å²) in [6, 6.07) is 1.87. The molecule has 0 radical (unpaired) electrons. The standard InChI is InChI=1S/C15H34N2/c1-8-10-16-15(9-2)14(7)17(13(5)6)11-12(3)4/h12-16H,8-11H2,1-7H3. The molecule has 2 unspecified atom stereocenters. The van der Waals surface area contributed by atoms with Gasteiger partial charge in [-0.25, -0.2) is 0 Å². The van der Waals surface area contributed by atoms with Crippen molar-refractivity contribution in [2.24, 2.45) is 5.92 Å². The van der Waals surface area contributed by atoms with E-state index in [2.05, 4.69) is 58.7 Å². The van der Waals surface area contributed by atoms with E-state index in [1.807, 2.05) is 0 Å². The normalized spacial score (nSPS) is 15.9. The fourth-order valence-corrected chi connectivity index (χ4v) is 2.49. The lowest BCUT2D eigenvalue weighted by molar-refractivity contribution is 0.114. The molecule has 2 heteroatoms. The molecule has 0 aromatic rings. The molecule has 1 N–H and O–H groups in total. The molecule has 0 aromatic carbocycles. The summed E-state index contributed by atoms with van der Waals surface area (Å²) >= 11 is 0. The monoisotopic (exact) mass is 242 g/mol. The van der Waals surface area contributed by atoms with Crippen molar-refractivity contribution in [3.8, 4) is 0 Å². The highest BCUT2D eigenvalue weighted by Crippen LogP contribution is 2.14. The summed E-state index contributed by atoms with van der Waals surface area (Å²) in [5.74, 6) is 0.739. The summed E-state index contributed by atoms with van der Waals surface area (Å²) < 4.78 is 0. The summed E-state index contributed by atoms with van der Waals surface area (Å²) in [6.45, 7) is 18.5. The van der Waals surface area contributed by atoms with E-state index < -0.39 is 0 Å². The average Bonchev–Trinajstić information content (AvgIpc) is 2.26. The highest BCUT2D eigenvalue weighted by atomic mass is 15.2. The number of nitrogens with zero attached hydrogens (tertiary/aromatic N) is 1. The van der Waals surface area contributed by atoms with Crippen LogP contribution < -0.4 is 5.32 Å². The molecule has 2 atom stereocenters. The summed E-state index contributed by atoms with van der Waals surface area (Å²) in [7, 11) is 0. The van der Waals surface area contributed by atoms with Gasteiger partial charge in [0.15, 0.2) is 0 Å². The zero-order valence-corrected chi connectivity index (χ0v) is 13.1. The quantitative estimate of drug-likeness (QED) is 0.665. The highest BCUT2D eigenvalue weighted by molar-refractivity contribution is 4.82. The average molecular weight is 242 g/mol. The van der Waals surface area contributed by atoms with E-state index in [1.165, 1.54) is 19.4 Å². The predicted molar refractivity (Wildman–Crippen MR) is 78.5 cm³/mol. The molecule has 0 aromatic heterocycles. The second-order valence-corrected chi connectivity index (χ2v) is 5.89. The first-order valence-corrected chi connectivity index (χ1v) is 7.43. The van der Waals surface area contributed by atoms with Gasteiger partial charge in [0, 0.05) is 24.7 Å². The van der Waals surface area contributed by atoms with Gasteiger partial charge in [-0.15, -0.1) is 0 Å². The van der Waals surface area contributed by atoms with Gasteiger partial charge in [-0.2, -0.15) is 0 Å². The highest BCUT2D eigenvalue weighted by Gasteiger charge is 2.24. The maximum absolute atomic E-state index is 3.69. The van der Waals surface area contributed by atoms with Gasteiger partial charge in [0.05, 0.1) is 0 Å². The van der Waals surface area contributed by atoms with Crippen molar-refractivity contribution in [2.75, 3.05) is 13.1 Å². The zero-order chi connectivity index (χ0) is 13.4. The molecule has 0 fully saturated rings. The molecule has 0 amide bonds. The number of rotatable bonds is 9. The van der Waals surface area contributed by atoms with Crippen LogP contribution >= 0.6 is 0 Å². The Morgan fingerprint density at radius 1 is 1.00 bits per heavy atom. The van der Waals surface area contributed by atoms with Gasteiger partial charge in [0.2, 0.25) is 0 Å². The van der Waals surface area contributed by atoms with Gasteiger partial charge in [-0.1, -0.05) is 27.7 Å². The van der Waals surface area contributed by atoms with Gasteiger partial charge in [-0.3, -0.25) is 4.90 Å². The molecule has 0 heterocycles. The van der Waals surface area contributed by atoms with E-state index in [1.54, 1.807) is 0 Å². The van der Waals surface area contributed by atoms with Crippen molar-refractivity contribution in [3.05, 3.63) is 0 Å². The summed E-state index contributed by atoms with van der Waals surface area (Å²) in [5, 5.41) is 3.69. The van der Waals surface area contributed by atoms with Gasteiger partial charge >= 0.3 is 0 Å². The third-order valence-electron chi connectivity index (χ3n) is 3.44. The van der Waals surface area contributed by atoms with E-state index >= 15 is 0 Å². The van der Waals surface area contributed by atoms with Crippen molar-refractivity contribution < 1.29 is 0 Å². The van der Waals surface area contributed by atoms with Crippen LogP contribution in [0, 0.1) is 5.92 Å². The van der Waals surface area contributed by atoms with Gasteiger partial charge in [0.25, 0.3) is 0 Å². The SMILES string of the molecule is CCCNC(CC)C(C)N(CC(C)C)C(C)C. The Balaban J connectivity index is 4.49. The number of hydrogen-bond acceptors (Lipinski definition) is 2. The lowest BCUT2D eigenvalue weighted by Crippen LogP contribution is -2.52. The van der Waals surface area contributed by atoms with Gasteiger partial charge in [0.1, 0.15) is 0 Å². The first-order chi connectivity index (χ1) is 7.93. The van der Waals surface area contributed by atoms with E-state index in [4.69, 9.17) is 0 Å². The third-order valence-corrected chi connectivity index (χ3v) is 3.44.